The minimum Gasteiger partial charge on any atom is -0.466 e. The molecule has 7 heteroatoms. The van der Waals surface area contributed by atoms with Crippen LogP contribution in [-0.2, 0) is 14.3 Å². The van der Waals surface area contributed by atoms with E-state index in [1.165, 1.54) is 0 Å². The maximum atomic E-state index is 12.2. The summed E-state index contributed by atoms with van der Waals surface area (Å²) in [4.78, 5) is 26.2. The molecular weight excluding hydrogens is 344 g/mol. The highest BCUT2D eigenvalue weighted by Gasteiger charge is 2.39. The molecule has 2 aliphatic rings. The molecule has 2 saturated heterocycles. The third-order valence-electron chi connectivity index (χ3n) is 4.92. The molecular formula is C18H33ClN2O4. The van der Waals surface area contributed by atoms with Gasteiger partial charge in [0.2, 0.25) is 0 Å². The number of piperidine rings is 2. The van der Waals surface area contributed by atoms with Crippen molar-refractivity contribution in [1.29, 1.82) is 0 Å². The van der Waals surface area contributed by atoms with Gasteiger partial charge in [-0.2, -0.15) is 0 Å². The largest absolute Gasteiger partial charge is 0.466 e. The number of carbonyl (C=O) groups is 2. The number of nitrogens with one attached hydrogen (secondary N) is 1. The zero-order valence-corrected chi connectivity index (χ0v) is 16.7. The molecule has 2 aliphatic heterocycles. The Morgan fingerprint density at radius 1 is 1.16 bits per heavy atom. The average molecular weight is 377 g/mol. The van der Waals surface area contributed by atoms with Crippen LogP contribution in [0.3, 0.4) is 0 Å². The second-order valence-electron chi connectivity index (χ2n) is 7.82. The van der Waals surface area contributed by atoms with Gasteiger partial charge in [0.1, 0.15) is 5.60 Å². The van der Waals surface area contributed by atoms with Gasteiger partial charge in [-0.05, 0) is 71.9 Å². The molecule has 2 atom stereocenters. The van der Waals surface area contributed by atoms with Gasteiger partial charge in [-0.1, -0.05) is 0 Å². The van der Waals surface area contributed by atoms with Crippen molar-refractivity contribution in [2.45, 2.75) is 52.6 Å². The van der Waals surface area contributed by atoms with Crippen LogP contribution in [0, 0.1) is 17.8 Å². The Kier molecular flexibility index (Phi) is 8.48. The van der Waals surface area contributed by atoms with E-state index in [0.717, 1.165) is 32.4 Å². The van der Waals surface area contributed by atoms with Crippen LogP contribution >= 0.6 is 12.4 Å². The number of rotatable bonds is 3. The molecule has 2 heterocycles. The summed E-state index contributed by atoms with van der Waals surface area (Å²) in [5.74, 6) is 0.687. The molecule has 1 N–H and O–H groups in total. The molecule has 2 fully saturated rings. The Labute approximate surface area is 157 Å². The van der Waals surface area contributed by atoms with Gasteiger partial charge < -0.3 is 19.7 Å². The zero-order chi connectivity index (χ0) is 17.7. The van der Waals surface area contributed by atoms with Crippen LogP contribution in [0.15, 0.2) is 0 Å². The Bertz CT molecular complexity index is 445. The van der Waals surface area contributed by atoms with Crippen LogP contribution in [0.5, 0.6) is 0 Å². The number of likely N-dealkylation sites (tertiary alicyclic amines) is 1. The summed E-state index contributed by atoms with van der Waals surface area (Å²) < 4.78 is 10.7. The first kappa shape index (κ1) is 22.0. The number of carbonyl (C=O) groups excluding carboxylic acids is 2. The number of ether oxygens (including phenoxy) is 2. The summed E-state index contributed by atoms with van der Waals surface area (Å²) in [6, 6.07) is 0. The average Bonchev–Trinajstić information content (AvgIpc) is 2.53. The highest BCUT2D eigenvalue weighted by atomic mass is 35.5. The molecule has 2 unspecified atom stereocenters. The van der Waals surface area contributed by atoms with Crippen LogP contribution in [-0.4, -0.2) is 55.3 Å². The lowest BCUT2D eigenvalue weighted by atomic mass is 9.74. The fourth-order valence-electron chi connectivity index (χ4n) is 3.76. The maximum absolute atomic E-state index is 12.2. The minimum atomic E-state index is -0.462. The summed E-state index contributed by atoms with van der Waals surface area (Å²) in [7, 11) is 0. The summed E-state index contributed by atoms with van der Waals surface area (Å²) in [6.45, 7) is 11.1. The van der Waals surface area contributed by atoms with Gasteiger partial charge in [-0.25, -0.2) is 4.79 Å². The molecule has 0 aromatic rings. The number of halogens is 1. The van der Waals surface area contributed by atoms with E-state index in [0.29, 0.717) is 31.5 Å². The van der Waals surface area contributed by atoms with E-state index in [1.54, 1.807) is 4.90 Å². The summed E-state index contributed by atoms with van der Waals surface area (Å²) in [6.07, 6.45) is 2.45. The van der Waals surface area contributed by atoms with Crippen molar-refractivity contribution in [3.63, 3.8) is 0 Å². The van der Waals surface area contributed by atoms with Crippen molar-refractivity contribution in [3.8, 4) is 0 Å². The number of esters is 1. The SMILES string of the molecule is CCOC(=O)C1CCNCC1C1CCN(C(=O)OC(C)(C)C)CC1.Cl. The molecule has 25 heavy (non-hydrogen) atoms. The zero-order valence-electron chi connectivity index (χ0n) is 15.9. The van der Waals surface area contributed by atoms with Crippen LogP contribution in [0.2, 0.25) is 0 Å². The molecule has 0 aromatic heterocycles. The molecule has 6 nitrogen and oxygen atoms in total. The van der Waals surface area contributed by atoms with Gasteiger partial charge >= 0.3 is 12.1 Å². The van der Waals surface area contributed by atoms with Gasteiger partial charge in [0, 0.05) is 13.1 Å². The van der Waals surface area contributed by atoms with Gasteiger partial charge in [-0.15, -0.1) is 12.4 Å². The molecule has 0 saturated carbocycles. The Morgan fingerprint density at radius 3 is 2.36 bits per heavy atom. The lowest BCUT2D eigenvalue weighted by Crippen LogP contribution is -2.48. The Balaban J connectivity index is 0.00000312. The highest BCUT2D eigenvalue weighted by molar-refractivity contribution is 5.85. The van der Waals surface area contributed by atoms with E-state index in [4.69, 9.17) is 9.47 Å². The van der Waals surface area contributed by atoms with Crippen molar-refractivity contribution < 1.29 is 19.1 Å². The lowest BCUT2D eigenvalue weighted by Gasteiger charge is -2.40. The van der Waals surface area contributed by atoms with Gasteiger partial charge in [0.25, 0.3) is 0 Å². The second kappa shape index (κ2) is 9.62. The number of nitrogens with zero attached hydrogens (tertiary/aromatic N) is 1. The molecule has 0 radical (unpaired) electrons. The fraction of sp³-hybridized carbons (Fsp3) is 0.889. The van der Waals surface area contributed by atoms with Crippen molar-refractivity contribution in [3.05, 3.63) is 0 Å². The topological polar surface area (TPSA) is 67.9 Å². The molecule has 146 valence electrons. The fourth-order valence-corrected chi connectivity index (χ4v) is 3.76. The third-order valence-corrected chi connectivity index (χ3v) is 4.92. The lowest BCUT2D eigenvalue weighted by molar-refractivity contribution is -0.152. The number of amides is 1. The highest BCUT2D eigenvalue weighted by Crippen LogP contribution is 2.34. The van der Waals surface area contributed by atoms with E-state index in [1.807, 2.05) is 27.7 Å². The number of hydrogen-bond acceptors (Lipinski definition) is 5. The first-order valence-electron chi connectivity index (χ1n) is 9.17. The van der Waals surface area contributed by atoms with E-state index < -0.39 is 5.60 Å². The molecule has 0 spiro atoms. The van der Waals surface area contributed by atoms with Crippen molar-refractivity contribution >= 4 is 24.5 Å². The standard InChI is InChI=1S/C18H32N2O4.ClH/c1-5-23-16(21)14-6-9-19-12-15(14)13-7-10-20(11-8-13)17(22)24-18(2,3)4;/h13-15,19H,5-12H2,1-4H3;1H. The molecule has 0 aliphatic carbocycles. The quantitative estimate of drug-likeness (QED) is 0.767. The van der Waals surface area contributed by atoms with Crippen molar-refractivity contribution in [2.75, 3.05) is 32.8 Å². The minimum absolute atomic E-state index is 0. The van der Waals surface area contributed by atoms with E-state index in [2.05, 4.69) is 5.32 Å². The third kappa shape index (κ3) is 6.33. The van der Waals surface area contributed by atoms with Gasteiger partial charge in [0.15, 0.2) is 0 Å². The van der Waals surface area contributed by atoms with E-state index >= 15 is 0 Å². The summed E-state index contributed by atoms with van der Waals surface area (Å²) >= 11 is 0. The predicted molar refractivity (Wildman–Crippen MR) is 98.9 cm³/mol. The second-order valence-corrected chi connectivity index (χ2v) is 7.82. The van der Waals surface area contributed by atoms with Crippen LogP contribution in [0.1, 0.15) is 47.0 Å². The summed E-state index contributed by atoms with van der Waals surface area (Å²) in [5, 5.41) is 3.41. The van der Waals surface area contributed by atoms with Crippen LogP contribution in [0.25, 0.3) is 0 Å². The maximum Gasteiger partial charge on any atom is 0.410 e. The molecule has 0 aromatic carbocycles. The normalized spacial score (nSPS) is 25.0. The van der Waals surface area contributed by atoms with Gasteiger partial charge in [-0.3, -0.25) is 4.79 Å². The molecule has 2 rings (SSSR count). The molecule has 1 amide bonds. The smallest absolute Gasteiger partial charge is 0.410 e. The number of hydrogen-bond donors (Lipinski definition) is 1. The Hall–Kier alpha value is -1.01. The van der Waals surface area contributed by atoms with E-state index in [-0.39, 0.29) is 30.4 Å². The van der Waals surface area contributed by atoms with Crippen molar-refractivity contribution in [2.24, 2.45) is 17.8 Å². The first-order valence-corrected chi connectivity index (χ1v) is 9.17. The van der Waals surface area contributed by atoms with Crippen molar-refractivity contribution in [1.82, 2.24) is 10.2 Å². The molecule has 0 bridgehead atoms. The summed E-state index contributed by atoms with van der Waals surface area (Å²) in [5.41, 5.74) is -0.462. The predicted octanol–water partition coefficient (Wildman–Crippen LogP) is 2.84. The van der Waals surface area contributed by atoms with Crippen LogP contribution < -0.4 is 5.32 Å². The van der Waals surface area contributed by atoms with Crippen LogP contribution in [0.4, 0.5) is 4.79 Å². The van der Waals surface area contributed by atoms with E-state index in [9.17, 15) is 9.59 Å². The first-order chi connectivity index (χ1) is 11.3. The monoisotopic (exact) mass is 376 g/mol. The van der Waals surface area contributed by atoms with Gasteiger partial charge in [0.05, 0.1) is 12.5 Å². The Morgan fingerprint density at radius 2 is 1.80 bits per heavy atom.